The van der Waals surface area contributed by atoms with Gasteiger partial charge in [0.25, 0.3) is 5.91 Å². The van der Waals surface area contributed by atoms with E-state index in [9.17, 15) is 9.18 Å². The number of carbonyl (C=O) groups is 1. The third-order valence-electron chi connectivity index (χ3n) is 2.83. The molecule has 0 saturated carbocycles. The Kier molecular flexibility index (Phi) is 4.17. The second-order valence-electron chi connectivity index (χ2n) is 4.23. The van der Waals surface area contributed by atoms with Gasteiger partial charge in [-0.15, -0.1) is 0 Å². The van der Waals surface area contributed by atoms with Crippen molar-refractivity contribution >= 4 is 17.5 Å². The molecule has 2 aromatic rings. The van der Waals surface area contributed by atoms with Crippen molar-refractivity contribution in [1.82, 2.24) is 5.32 Å². The van der Waals surface area contributed by atoms with E-state index < -0.39 is 0 Å². The summed E-state index contributed by atoms with van der Waals surface area (Å²) in [4.78, 5) is 12.0. The quantitative estimate of drug-likeness (QED) is 0.910. The molecule has 0 heterocycles. The van der Waals surface area contributed by atoms with Gasteiger partial charge >= 0.3 is 0 Å². The number of carbonyl (C=O) groups excluding carboxylic acids is 1. The molecule has 0 aliphatic heterocycles. The fourth-order valence-electron chi connectivity index (χ4n) is 1.79. The van der Waals surface area contributed by atoms with Gasteiger partial charge in [-0.3, -0.25) is 4.79 Å². The van der Waals surface area contributed by atoms with Crippen LogP contribution in [0.4, 0.5) is 4.39 Å². The number of nitrogens with one attached hydrogen (secondary N) is 1. The molecule has 0 spiro atoms. The van der Waals surface area contributed by atoms with E-state index in [-0.39, 0.29) is 11.7 Å². The Morgan fingerprint density at radius 2 is 2.00 bits per heavy atom. The number of amides is 1. The van der Waals surface area contributed by atoms with E-state index in [0.717, 1.165) is 5.56 Å². The topological polar surface area (TPSA) is 29.1 Å². The predicted molar refractivity (Wildman–Crippen MR) is 73.8 cm³/mol. The lowest BCUT2D eigenvalue weighted by atomic mass is 10.1. The summed E-state index contributed by atoms with van der Waals surface area (Å²) in [5, 5.41) is 3.38. The van der Waals surface area contributed by atoms with Crippen molar-refractivity contribution in [3.8, 4) is 0 Å². The van der Waals surface area contributed by atoms with E-state index in [1.165, 1.54) is 18.2 Å². The molecule has 0 bridgehead atoms. The molecular weight excluding hydrogens is 265 g/mol. The predicted octanol–water partition coefficient (Wildman–Crippen LogP) is 3.72. The average Bonchev–Trinajstić information content (AvgIpc) is 2.37. The second-order valence-corrected chi connectivity index (χ2v) is 4.64. The van der Waals surface area contributed by atoms with Crippen LogP contribution in [-0.4, -0.2) is 5.91 Å². The summed E-state index contributed by atoms with van der Waals surface area (Å²) in [5.74, 6) is -0.586. The summed E-state index contributed by atoms with van der Waals surface area (Å²) < 4.78 is 13.0. The molecule has 1 amide bonds. The van der Waals surface area contributed by atoms with Gasteiger partial charge in [-0.2, -0.15) is 0 Å². The summed E-state index contributed by atoms with van der Waals surface area (Å²) in [6, 6.07) is 11.4. The summed E-state index contributed by atoms with van der Waals surface area (Å²) in [6.07, 6.45) is 0. The first-order valence-corrected chi connectivity index (χ1v) is 6.23. The molecule has 19 heavy (non-hydrogen) atoms. The number of aryl methyl sites for hydroxylation is 1. The fourth-order valence-corrected chi connectivity index (χ4v) is 2.00. The Hall–Kier alpha value is -1.87. The third-order valence-corrected chi connectivity index (χ3v) is 3.20. The molecule has 4 heteroatoms. The van der Waals surface area contributed by atoms with Crippen molar-refractivity contribution < 1.29 is 9.18 Å². The molecule has 0 atom stereocenters. The minimum atomic E-state index is -0.347. The van der Waals surface area contributed by atoms with Gasteiger partial charge in [-0.25, -0.2) is 4.39 Å². The van der Waals surface area contributed by atoms with Crippen LogP contribution in [0.5, 0.6) is 0 Å². The van der Waals surface area contributed by atoms with Crippen molar-refractivity contribution in [3.63, 3.8) is 0 Å². The Bertz CT molecular complexity index is 613. The van der Waals surface area contributed by atoms with Crippen molar-refractivity contribution in [2.24, 2.45) is 0 Å². The molecule has 0 aliphatic carbocycles. The van der Waals surface area contributed by atoms with Crippen LogP contribution in [0.2, 0.25) is 5.02 Å². The van der Waals surface area contributed by atoms with Gasteiger partial charge in [-0.1, -0.05) is 29.8 Å². The van der Waals surface area contributed by atoms with Gasteiger partial charge in [0, 0.05) is 17.1 Å². The smallest absolute Gasteiger partial charge is 0.251 e. The average molecular weight is 278 g/mol. The highest BCUT2D eigenvalue weighted by Crippen LogP contribution is 2.15. The molecule has 1 N–H and O–H groups in total. The van der Waals surface area contributed by atoms with E-state index in [0.29, 0.717) is 22.7 Å². The Labute approximate surface area is 116 Å². The summed E-state index contributed by atoms with van der Waals surface area (Å²) in [6.45, 7) is 2.04. The van der Waals surface area contributed by atoms with Crippen molar-refractivity contribution in [1.29, 1.82) is 0 Å². The maximum absolute atomic E-state index is 13.0. The zero-order valence-electron chi connectivity index (χ0n) is 10.4. The zero-order valence-corrected chi connectivity index (χ0v) is 11.2. The summed E-state index contributed by atoms with van der Waals surface area (Å²) in [7, 11) is 0. The minimum Gasteiger partial charge on any atom is -0.348 e. The lowest BCUT2D eigenvalue weighted by Crippen LogP contribution is -2.23. The second kappa shape index (κ2) is 5.85. The number of benzene rings is 2. The van der Waals surface area contributed by atoms with E-state index in [4.69, 9.17) is 11.6 Å². The molecule has 0 aromatic heterocycles. The molecule has 0 aliphatic rings. The van der Waals surface area contributed by atoms with E-state index in [2.05, 4.69) is 5.32 Å². The van der Waals surface area contributed by atoms with Crippen molar-refractivity contribution in [2.75, 3.05) is 0 Å². The van der Waals surface area contributed by atoms with Crippen LogP contribution >= 0.6 is 11.6 Å². The Balaban J connectivity index is 2.08. The summed E-state index contributed by atoms with van der Waals surface area (Å²) in [5.41, 5.74) is 1.92. The van der Waals surface area contributed by atoms with E-state index in [1.807, 2.05) is 18.2 Å². The first-order chi connectivity index (χ1) is 9.08. The molecule has 0 saturated heterocycles. The lowest BCUT2D eigenvalue weighted by molar-refractivity contribution is 0.0950. The third kappa shape index (κ3) is 3.32. The van der Waals surface area contributed by atoms with Crippen molar-refractivity contribution in [3.05, 3.63) is 70.0 Å². The van der Waals surface area contributed by atoms with Crippen LogP contribution in [0.15, 0.2) is 42.5 Å². The maximum Gasteiger partial charge on any atom is 0.251 e. The van der Waals surface area contributed by atoms with Gasteiger partial charge < -0.3 is 5.32 Å². The van der Waals surface area contributed by atoms with Crippen LogP contribution in [-0.2, 0) is 6.54 Å². The highest BCUT2D eigenvalue weighted by Gasteiger charge is 2.09. The largest absolute Gasteiger partial charge is 0.348 e. The van der Waals surface area contributed by atoms with Crippen LogP contribution in [0, 0.1) is 12.7 Å². The highest BCUT2D eigenvalue weighted by atomic mass is 35.5. The zero-order chi connectivity index (χ0) is 13.8. The molecule has 0 unspecified atom stereocenters. The van der Waals surface area contributed by atoms with Crippen LogP contribution in [0.25, 0.3) is 0 Å². The van der Waals surface area contributed by atoms with Gasteiger partial charge in [-0.05, 0) is 42.3 Å². The standard InChI is InChI=1S/C15H13ClFNO/c1-10-8-12(17)6-7-13(10)15(19)18-9-11-4-2-3-5-14(11)16/h2-8H,9H2,1H3,(H,18,19). The fraction of sp³-hybridized carbons (Fsp3) is 0.133. The van der Waals surface area contributed by atoms with Crippen LogP contribution < -0.4 is 5.32 Å². The maximum atomic E-state index is 13.0. The van der Waals surface area contributed by atoms with Gasteiger partial charge in [0.2, 0.25) is 0 Å². The van der Waals surface area contributed by atoms with E-state index >= 15 is 0 Å². The first-order valence-electron chi connectivity index (χ1n) is 5.85. The van der Waals surface area contributed by atoms with E-state index in [1.54, 1.807) is 13.0 Å². The minimum absolute atomic E-state index is 0.239. The molecule has 2 rings (SSSR count). The normalized spacial score (nSPS) is 10.3. The summed E-state index contributed by atoms with van der Waals surface area (Å²) >= 11 is 6.00. The van der Waals surface area contributed by atoms with Gasteiger partial charge in [0.1, 0.15) is 5.82 Å². The molecule has 0 fully saturated rings. The molecule has 98 valence electrons. The number of halogens is 2. The lowest BCUT2D eigenvalue weighted by Gasteiger charge is -2.08. The first kappa shape index (κ1) is 13.6. The molecule has 0 radical (unpaired) electrons. The van der Waals surface area contributed by atoms with Crippen LogP contribution in [0.1, 0.15) is 21.5 Å². The number of rotatable bonds is 3. The number of hydrogen-bond donors (Lipinski definition) is 1. The molecule has 2 nitrogen and oxygen atoms in total. The molecular formula is C15H13ClFNO. The molecule has 2 aromatic carbocycles. The SMILES string of the molecule is Cc1cc(F)ccc1C(=O)NCc1ccccc1Cl. The number of hydrogen-bond acceptors (Lipinski definition) is 1. The van der Waals surface area contributed by atoms with Gasteiger partial charge in [0.15, 0.2) is 0 Å². The van der Waals surface area contributed by atoms with Crippen LogP contribution in [0.3, 0.4) is 0 Å². The van der Waals surface area contributed by atoms with Crippen molar-refractivity contribution in [2.45, 2.75) is 13.5 Å². The highest BCUT2D eigenvalue weighted by molar-refractivity contribution is 6.31. The Morgan fingerprint density at radius 3 is 2.68 bits per heavy atom. The van der Waals surface area contributed by atoms with Gasteiger partial charge in [0.05, 0.1) is 0 Å². The Morgan fingerprint density at radius 1 is 1.26 bits per heavy atom. The monoisotopic (exact) mass is 277 g/mol.